The number of rotatable bonds is 1. The maximum Gasteiger partial charge on any atom is 0.290 e. The van der Waals surface area contributed by atoms with E-state index in [9.17, 15) is 8.42 Å². The van der Waals surface area contributed by atoms with Gasteiger partial charge < -0.3 is 5.11 Å². The second-order valence-electron chi connectivity index (χ2n) is 1.08. The maximum absolute atomic E-state index is 9.89. The molecule has 0 saturated heterocycles. The van der Waals surface area contributed by atoms with Crippen molar-refractivity contribution in [2.24, 2.45) is 0 Å². The molecule has 2 N–H and O–H groups in total. The van der Waals surface area contributed by atoms with Crippen LogP contribution in [-0.4, -0.2) is 33.3 Å². The molecule has 0 aliphatic heterocycles. The standard InChI is InChI=1S/C2H7NO2S.CH2O2/c1-3-6(2,4)5;2-1-3/h3H,1-2H3;1H,(H,2,3). The molecule has 0 bridgehead atoms. The predicted octanol–water partition coefficient (Wildman–Crippen LogP) is -1.13. The smallest absolute Gasteiger partial charge is 0.290 e. The second-order valence-corrected chi connectivity index (χ2v) is 3.03. The van der Waals surface area contributed by atoms with Crippen molar-refractivity contribution >= 4 is 16.5 Å². The molecule has 0 amide bonds. The molecule has 0 unspecified atom stereocenters. The molecule has 0 aliphatic carbocycles. The van der Waals surface area contributed by atoms with Crippen molar-refractivity contribution in [2.45, 2.75) is 0 Å². The topological polar surface area (TPSA) is 83.5 Å². The van der Waals surface area contributed by atoms with Gasteiger partial charge in [0, 0.05) is 0 Å². The van der Waals surface area contributed by atoms with E-state index in [0.29, 0.717) is 0 Å². The second kappa shape index (κ2) is 5.52. The van der Waals surface area contributed by atoms with E-state index in [0.717, 1.165) is 6.26 Å². The molecule has 0 aromatic carbocycles. The highest BCUT2D eigenvalue weighted by atomic mass is 32.2. The van der Waals surface area contributed by atoms with Crippen molar-refractivity contribution in [1.82, 2.24) is 4.72 Å². The van der Waals surface area contributed by atoms with Gasteiger partial charge in [-0.1, -0.05) is 0 Å². The van der Waals surface area contributed by atoms with Gasteiger partial charge in [0.1, 0.15) is 0 Å². The number of carbonyl (C=O) groups is 1. The summed E-state index contributed by atoms with van der Waals surface area (Å²) in [4.78, 5) is 8.36. The molecule has 0 radical (unpaired) electrons. The van der Waals surface area contributed by atoms with E-state index in [1.54, 1.807) is 0 Å². The van der Waals surface area contributed by atoms with Crippen LogP contribution >= 0.6 is 0 Å². The summed E-state index contributed by atoms with van der Waals surface area (Å²) >= 11 is 0. The Labute approximate surface area is 53.7 Å². The van der Waals surface area contributed by atoms with Crippen LogP contribution < -0.4 is 4.72 Å². The summed E-state index contributed by atoms with van der Waals surface area (Å²) in [5.41, 5.74) is 0. The Bertz CT molecular complexity index is 149. The predicted molar refractivity (Wildman–Crippen MR) is 32.6 cm³/mol. The first-order chi connectivity index (χ1) is 3.97. The van der Waals surface area contributed by atoms with E-state index in [1.807, 2.05) is 0 Å². The third-order valence-electron chi connectivity index (χ3n) is 0.371. The third kappa shape index (κ3) is 37.7. The van der Waals surface area contributed by atoms with Crippen molar-refractivity contribution in [3.8, 4) is 0 Å². The van der Waals surface area contributed by atoms with E-state index in [4.69, 9.17) is 9.90 Å². The minimum atomic E-state index is -2.91. The van der Waals surface area contributed by atoms with E-state index in [-0.39, 0.29) is 6.47 Å². The van der Waals surface area contributed by atoms with Crippen LogP contribution in [0.3, 0.4) is 0 Å². The zero-order chi connectivity index (χ0) is 7.91. The van der Waals surface area contributed by atoms with E-state index < -0.39 is 10.0 Å². The quantitative estimate of drug-likeness (QED) is 0.469. The fraction of sp³-hybridized carbons (Fsp3) is 0.667. The molecule has 0 aromatic rings. The minimum Gasteiger partial charge on any atom is -0.483 e. The minimum absolute atomic E-state index is 0.250. The zero-order valence-electron chi connectivity index (χ0n) is 5.16. The van der Waals surface area contributed by atoms with Crippen molar-refractivity contribution in [2.75, 3.05) is 13.3 Å². The Balaban J connectivity index is 0. The Morgan fingerprint density at radius 2 is 1.67 bits per heavy atom. The Kier molecular flexibility index (Phi) is 6.87. The molecule has 0 aromatic heterocycles. The van der Waals surface area contributed by atoms with Crippen LogP contribution in [0.15, 0.2) is 0 Å². The largest absolute Gasteiger partial charge is 0.483 e. The summed E-state index contributed by atoms with van der Waals surface area (Å²) in [5, 5.41) is 6.89. The Morgan fingerprint density at radius 1 is 1.56 bits per heavy atom. The zero-order valence-corrected chi connectivity index (χ0v) is 5.97. The van der Waals surface area contributed by atoms with Gasteiger partial charge in [0.15, 0.2) is 0 Å². The van der Waals surface area contributed by atoms with Gasteiger partial charge in [-0.3, -0.25) is 4.79 Å². The molecule has 0 spiro atoms. The average molecular weight is 155 g/mol. The van der Waals surface area contributed by atoms with Crippen LogP contribution in [0.5, 0.6) is 0 Å². The molecular weight excluding hydrogens is 146 g/mol. The normalized spacial score (nSPS) is 9.11. The highest BCUT2D eigenvalue weighted by molar-refractivity contribution is 7.88. The number of hydrogen-bond acceptors (Lipinski definition) is 3. The van der Waals surface area contributed by atoms with Gasteiger partial charge in [-0.25, -0.2) is 13.1 Å². The van der Waals surface area contributed by atoms with Crippen LogP contribution in [0.25, 0.3) is 0 Å². The fourth-order valence-corrected chi connectivity index (χ4v) is 0. The molecule has 56 valence electrons. The van der Waals surface area contributed by atoms with E-state index in [2.05, 4.69) is 4.72 Å². The molecule has 5 nitrogen and oxygen atoms in total. The fourth-order valence-electron chi connectivity index (χ4n) is 0. The van der Waals surface area contributed by atoms with Crippen LogP contribution in [0.1, 0.15) is 0 Å². The van der Waals surface area contributed by atoms with Crippen LogP contribution in [-0.2, 0) is 14.8 Å². The molecule has 0 atom stereocenters. The molecule has 0 fully saturated rings. The van der Waals surface area contributed by atoms with E-state index >= 15 is 0 Å². The SMILES string of the molecule is CNS(C)(=O)=O.O=CO. The lowest BCUT2D eigenvalue weighted by molar-refractivity contribution is -0.122. The summed E-state index contributed by atoms with van der Waals surface area (Å²) in [6.07, 6.45) is 1.10. The lowest BCUT2D eigenvalue weighted by Crippen LogP contribution is -2.15. The molecular formula is C3H9NO4S. The van der Waals surface area contributed by atoms with Crippen molar-refractivity contribution in [3.05, 3.63) is 0 Å². The van der Waals surface area contributed by atoms with Gasteiger partial charge in [-0.15, -0.1) is 0 Å². The highest BCUT2D eigenvalue weighted by Gasteiger charge is 1.88. The van der Waals surface area contributed by atoms with Gasteiger partial charge in [0.05, 0.1) is 6.26 Å². The first-order valence-electron chi connectivity index (χ1n) is 1.94. The summed E-state index contributed by atoms with van der Waals surface area (Å²) in [5.74, 6) is 0. The van der Waals surface area contributed by atoms with Crippen molar-refractivity contribution < 1.29 is 18.3 Å². The van der Waals surface area contributed by atoms with Gasteiger partial charge >= 0.3 is 0 Å². The highest BCUT2D eigenvalue weighted by Crippen LogP contribution is 1.62. The number of nitrogens with one attached hydrogen (secondary N) is 1. The summed E-state index contributed by atoms with van der Waals surface area (Å²) < 4.78 is 21.9. The molecule has 0 heterocycles. The molecule has 9 heavy (non-hydrogen) atoms. The van der Waals surface area contributed by atoms with Crippen LogP contribution in [0, 0.1) is 0 Å². The maximum atomic E-state index is 9.89. The van der Waals surface area contributed by atoms with Crippen LogP contribution in [0.4, 0.5) is 0 Å². The summed E-state index contributed by atoms with van der Waals surface area (Å²) in [6, 6.07) is 0. The number of hydrogen-bond donors (Lipinski definition) is 2. The van der Waals surface area contributed by atoms with E-state index in [1.165, 1.54) is 7.05 Å². The molecule has 0 rings (SSSR count). The number of sulfonamides is 1. The van der Waals surface area contributed by atoms with Gasteiger partial charge in [-0.2, -0.15) is 0 Å². The first-order valence-corrected chi connectivity index (χ1v) is 3.83. The molecule has 0 aliphatic rings. The number of carboxylic acid groups (broad SMARTS) is 1. The first kappa shape index (κ1) is 11.2. The molecule has 0 saturated carbocycles. The monoisotopic (exact) mass is 155 g/mol. The Morgan fingerprint density at radius 3 is 1.67 bits per heavy atom. The Hall–Kier alpha value is -0.620. The van der Waals surface area contributed by atoms with Gasteiger partial charge in [-0.05, 0) is 7.05 Å². The van der Waals surface area contributed by atoms with Gasteiger partial charge in [0.2, 0.25) is 10.0 Å². The van der Waals surface area contributed by atoms with Gasteiger partial charge in [0.25, 0.3) is 6.47 Å². The lowest BCUT2D eigenvalue weighted by atomic mass is 11.6. The molecule has 6 heteroatoms. The summed E-state index contributed by atoms with van der Waals surface area (Å²) in [6.45, 7) is -0.250. The third-order valence-corrected chi connectivity index (χ3v) is 1.11. The lowest BCUT2D eigenvalue weighted by Gasteiger charge is -1.85. The van der Waals surface area contributed by atoms with Crippen molar-refractivity contribution in [3.63, 3.8) is 0 Å². The average Bonchev–Trinajstić information content (AvgIpc) is 1.67. The summed E-state index contributed by atoms with van der Waals surface area (Å²) in [7, 11) is -1.54. The van der Waals surface area contributed by atoms with Crippen molar-refractivity contribution in [1.29, 1.82) is 0 Å². The van der Waals surface area contributed by atoms with Crippen LogP contribution in [0.2, 0.25) is 0 Å².